The predicted molar refractivity (Wildman–Crippen MR) is 104 cm³/mol. The maximum atomic E-state index is 2.51. The first-order chi connectivity index (χ1) is 12.4. The molecule has 0 nitrogen and oxygen atoms in total. The molecule has 2 aromatic rings. The molecule has 3 heteroatoms. The van der Waals surface area contributed by atoms with E-state index in [1.54, 1.807) is 8.88 Å². The summed E-state index contributed by atoms with van der Waals surface area (Å²) in [5.41, 5.74) is 6.22. The molecule has 0 bridgehead atoms. The van der Waals surface area contributed by atoms with Gasteiger partial charge in [-0.15, -0.1) is 0 Å². The van der Waals surface area contributed by atoms with Crippen LogP contribution in [0.5, 0.6) is 0 Å². The number of hydrogen-bond acceptors (Lipinski definition) is 0. The topological polar surface area (TPSA) is 0 Å². The van der Waals surface area contributed by atoms with Crippen LogP contribution < -0.4 is 28.1 Å². The monoisotopic (exact) mass is 562 g/mol. The molecule has 0 heterocycles. The summed E-state index contributed by atoms with van der Waals surface area (Å²) in [5.74, 6) is 0. The Bertz CT molecular complexity index is 929. The number of fused-ring (bicyclic) bond motifs is 3. The van der Waals surface area contributed by atoms with Crippen LogP contribution in [0.1, 0.15) is 49.7 Å². The van der Waals surface area contributed by atoms with Crippen molar-refractivity contribution in [1.82, 2.24) is 0 Å². The average molecular weight is 562 g/mol. The van der Waals surface area contributed by atoms with Crippen molar-refractivity contribution in [2.24, 2.45) is 0 Å². The molecule has 1 fully saturated rings. The third-order valence-corrected chi connectivity index (χ3v) is 17.6. The Balaban J connectivity index is 0.00000105. The van der Waals surface area contributed by atoms with Gasteiger partial charge >= 0.3 is 159 Å². The summed E-state index contributed by atoms with van der Waals surface area (Å²) in [5, 5.41) is 0. The molecule has 0 amide bonds. The third-order valence-electron chi connectivity index (χ3n) is 6.02. The summed E-state index contributed by atoms with van der Waals surface area (Å²) < 4.78 is 5.62. The SMILES string of the molecule is C1=CC[C]([Hf+2](=[C]2CCCCC2)[c]2cccc3c2Cc2ccccc2-3)=C1.[Cl-].[Cl-]. The minimum absolute atomic E-state index is 0. The fourth-order valence-electron chi connectivity index (χ4n) is 4.84. The maximum absolute atomic E-state index is 2.51. The second-order valence-corrected chi connectivity index (χ2v) is 17.0. The molecular formula is C24H24Cl2Hf. The number of benzene rings is 2. The third kappa shape index (κ3) is 3.88. The molecule has 138 valence electrons. The molecule has 3 aliphatic rings. The minimum atomic E-state index is -2.11. The van der Waals surface area contributed by atoms with Crippen molar-refractivity contribution in [2.45, 2.75) is 44.9 Å². The van der Waals surface area contributed by atoms with E-state index in [0.29, 0.717) is 0 Å². The predicted octanol–water partition coefficient (Wildman–Crippen LogP) is -0.510. The Hall–Kier alpha value is -0.760. The van der Waals surface area contributed by atoms with E-state index in [9.17, 15) is 0 Å². The molecule has 5 rings (SSSR count). The quantitative estimate of drug-likeness (QED) is 0.370. The summed E-state index contributed by atoms with van der Waals surface area (Å²) in [7, 11) is 0. The molecule has 27 heavy (non-hydrogen) atoms. The van der Waals surface area contributed by atoms with E-state index in [0.717, 1.165) is 6.42 Å². The van der Waals surface area contributed by atoms with Gasteiger partial charge in [-0.3, -0.25) is 0 Å². The van der Waals surface area contributed by atoms with Crippen molar-refractivity contribution in [2.75, 3.05) is 0 Å². The summed E-state index contributed by atoms with van der Waals surface area (Å²) in [6.45, 7) is 0. The van der Waals surface area contributed by atoms with Crippen molar-refractivity contribution >= 4 is 6.58 Å². The average Bonchev–Trinajstić information content (AvgIpc) is 3.31. The fraction of sp³-hybridized carbons (Fsp3) is 0.292. The van der Waals surface area contributed by atoms with Gasteiger partial charge in [0.05, 0.1) is 0 Å². The Morgan fingerprint density at radius 1 is 0.778 bits per heavy atom. The molecule has 2 aromatic carbocycles. The van der Waals surface area contributed by atoms with Crippen molar-refractivity contribution in [3.63, 3.8) is 0 Å². The number of hydrogen-bond donors (Lipinski definition) is 0. The van der Waals surface area contributed by atoms with E-state index >= 15 is 0 Å². The van der Waals surface area contributed by atoms with Crippen molar-refractivity contribution < 1.29 is 45.8 Å². The van der Waals surface area contributed by atoms with Gasteiger partial charge in [0.2, 0.25) is 0 Å². The van der Waals surface area contributed by atoms with Crippen molar-refractivity contribution in [3.05, 3.63) is 75.1 Å². The number of rotatable bonds is 2. The molecule has 0 unspecified atom stereocenters. The van der Waals surface area contributed by atoms with Crippen molar-refractivity contribution in [1.29, 1.82) is 0 Å². The van der Waals surface area contributed by atoms with Gasteiger partial charge in [-0.25, -0.2) is 0 Å². The smallest absolute Gasteiger partial charge is 1.00 e. The van der Waals surface area contributed by atoms with E-state index in [4.69, 9.17) is 0 Å². The molecule has 0 spiro atoms. The van der Waals surface area contributed by atoms with E-state index < -0.39 is 21.0 Å². The first kappa shape index (κ1) is 21.0. The van der Waals surface area contributed by atoms with Crippen LogP contribution in [-0.2, 0) is 27.4 Å². The van der Waals surface area contributed by atoms with Gasteiger partial charge in [0.1, 0.15) is 0 Å². The van der Waals surface area contributed by atoms with Crippen LogP contribution in [0.2, 0.25) is 0 Å². The van der Waals surface area contributed by atoms with Gasteiger partial charge < -0.3 is 24.8 Å². The molecule has 0 aromatic heterocycles. The summed E-state index contributed by atoms with van der Waals surface area (Å²) in [4.78, 5) is 0. The Morgan fingerprint density at radius 2 is 1.56 bits per heavy atom. The molecule has 3 aliphatic carbocycles. The van der Waals surface area contributed by atoms with Crippen molar-refractivity contribution in [3.8, 4) is 11.1 Å². The van der Waals surface area contributed by atoms with E-state index in [-0.39, 0.29) is 24.8 Å². The molecule has 0 aliphatic heterocycles. The summed E-state index contributed by atoms with van der Waals surface area (Å²) >= 11 is -2.11. The second-order valence-electron chi connectivity index (χ2n) is 7.53. The van der Waals surface area contributed by atoms with E-state index in [1.807, 2.05) is 6.58 Å². The number of allylic oxidation sites excluding steroid dienone is 4. The van der Waals surface area contributed by atoms with Gasteiger partial charge in [0.15, 0.2) is 0 Å². The Kier molecular flexibility index (Phi) is 7.11. The van der Waals surface area contributed by atoms with Crippen LogP contribution in [0.4, 0.5) is 0 Å². The number of halogens is 2. The van der Waals surface area contributed by atoms with Crippen LogP contribution in [0.25, 0.3) is 11.1 Å². The zero-order valence-electron chi connectivity index (χ0n) is 15.5. The van der Waals surface area contributed by atoms with Crippen LogP contribution in [0.3, 0.4) is 0 Å². The van der Waals surface area contributed by atoms with Crippen LogP contribution >= 0.6 is 0 Å². The first-order valence-corrected chi connectivity index (χ1v) is 15.1. The zero-order valence-corrected chi connectivity index (χ0v) is 20.6. The Labute approximate surface area is 182 Å². The second kappa shape index (κ2) is 9.16. The normalized spacial score (nSPS) is 16.4. The largest absolute Gasteiger partial charge is 1.00 e. The summed E-state index contributed by atoms with van der Waals surface area (Å²) in [6.07, 6.45) is 16.7. The molecule has 0 radical (unpaired) electrons. The minimum Gasteiger partial charge on any atom is -1.00 e. The van der Waals surface area contributed by atoms with Crippen LogP contribution in [-0.4, -0.2) is 3.26 Å². The first-order valence-electron chi connectivity index (χ1n) is 9.70. The molecule has 0 N–H and O–H groups in total. The molecule has 0 atom stereocenters. The Morgan fingerprint density at radius 3 is 2.33 bits per heavy atom. The van der Waals surface area contributed by atoms with Gasteiger partial charge in [-0.2, -0.15) is 0 Å². The molecular weight excluding hydrogens is 538 g/mol. The zero-order chi connectivity index (χ0) is 16.6. The van der Waals surface area contributed by atoms with Gasteiger partial charge in [0.25, 0.3) is 0 Å². The van der Waals surface area contributed by atoms with Gasteiger partial charge in [-0.1, -0.05) is 0 Å². The maximum Gasteiger partial charge on any atom is -1.00 e. The van der Waals surface area contributed by atoms with Gasteiger partial charge in [0, 0.05) is 0 Å². The fourth-order valence-corrected chi connectivity index (χ4v) is 17.1. The van der Waals surface area contributed by atoms with Gasteiger partial charge in [-0.05, 0) is 0 Å². The molecule has 0 saturated heterocycles. The standard InChI is InChI=1S/C13H9.C6H10.C5H5.2ClH.Hf/c1-3-7-12-10(5-1)9-11-6-2-4-8-13(11)12;1-2-4-6-5-3-1;1-2-4-5-3-1;;;/h1-5,7-8H,9H2;1-5H2;1-3H,4H2;2*1H;/q;;;;;+2/p-2. The van der Waals surface area contributed by atoms with Crippen LogP contribution in [0.15, 0.2) is 64.0 Å². The molecule has 1 saturated carbocycles. The van der Waals surface area contributed by atoms with Crippen LogP contribution in [0, 0.1) is 0 Å². The summed E-state index contributed by atoms with van der Waals surface area (Å²) in [6, 6.07) is 16.3. The van der Waals surface area contributed by atoms with E-state index in [2.05, 4.69) is 60.7 Å². The van der Waals surface area contributed by atoms with E-state index in [1.165, 1.54) is 55.2 Å².